The van der Waals surface area contributed by atoms with Gasteiger partial charge in [-0.15, -0.1) is 0 Å². The second kappa shape index (κ2) is 8.52. The molecule has 0 bridgehead atoms. The third-order valence-corrected chi connectivity index (χ3v) is 4.83. The number of nitrogens with one attached hydrogen (secondary N) is 1. The highest BCUT2D eigenvalue weighted by Crippen LogP contribution is 2.24. The van der Waals surface area contributed by atoms with E-state index >= 15 is 0 Å². The summed E-state index contributed by atoms with van der Waals surface area (Å²) in [7, 11) is 2.05. The predicted octanol–water partition coefficient (Wildman–Crippen LogP) is 2.88. The minimum absolute atomic E-state index is 0.314. The second-order valence-corrected chi connectivity index (χ2v) is 6.18. The SMILES string of the molecule is CNC(CCN1CCCCC1CCO)c1ccccc1C. The van der Waals surface area contributed by atoms with Gasteiger partial charge in [0.25, 0.3) is 0 Å². The fourth-order valence-corrected chi connectivity index (χ4v) is 3.56. The van der Waals surface area contributed by atoms with E-state index in [2.05, 4.69) is 48.5 Å². The Kier molecular flexibility index (Phi) is 6.68. The van der Waals surface area contributed by atoms with Gasteiger partial charge < -0.3 is 15.3 Å². The lowest BCUT2D eigenvalue weighted by Crippen LogP contribution is -2.41. The lowest BCUT2D eigenvalue weighted by Gasteiger charge is -2.36. The Labute approximate surface area is 129 Å². The number of rotatable bonds is 7. The van der Waals surface area contributed by atoms with Crippen molar-refractivity contribution in [3.8, 4) is 0 Å². The number of aliphatic hydroxyl groups is 1. The molecule has 1 aromatic rings. The van der Waals surface area contributed by atoms with Gasteiger partial charge in [-0.1, -0.05) is 30.7 Å². The molecule has 0 aromatic heterocycles. The first kappa shape index (κ1) is 16.5. The van der Waals surface area contributed by atoms with Gasteiger partial charge in [0.2, 0.25) is 0 Å². The molecular weight excluding hydrogens is 260 g/mol. The first-order valence-electron chi connectivity index (χ1n) is 8.34. The van der Waals surface area contributed by atoms with Gasteiger partial charge in [-0.3, -0.25) is 0 Å². The zero-order chi connectivity index (χ0) is 15.1. The second-order valence-electron chi connectivity index (χ2n) is 6.18. The predicted molar refractivity (Wildman–Crippen MR) is 88.5 cm³/mol. The number of piperidine rings is 1. The summed E-state index contributed by atoms with van der Waals surface area (Å²) >= 11 is 0. The van der Waals surface area contributed by atoms with Gasteiger partial charge in [-0.25, -0.2) is 0 Å². The normalized spacial score (nSPS) is 21.4. The van der Waals surface area contributed by atoms with E-state index in [0.717, 1.165) is 19.4 Å². The van der Waals surface area contributed by atoms with Crippen molar-refractivity contribution in [2.75, 3.05) is 26.7 Å². The molecule has 1 aliphatic rings. The maximum atomic E-state index is 9.24. The van der Waals surface area contributed by atoms with Crippen molar-refractivity contribution in [2.24, 2.45) is 0 Å². The number of likely N-dealkylation sites (tertiary alicyclic amines) is 1. The van der Waals surface area contributed by atoms with Crippen molar-refractivity contribution in [1.29, 1.82) is 0 Å². The minimum Gasteiger partial charge on any atom is -0.396 e. The van der Waals surface area contributed by atoms with Crippen molar-refractivity contribution >= 4 is 0 Å². The van der Waals surface area contributed by atoms with Crippen LogP contribution in [0.5, 0.6) is 0 Å². The Bertz CT molecular complexity index is 419. The van der Waals surface area contributed by atoms with Crippen LogP contribution >= 0.6 is 0 Å². The third kappa shape index (κ3) is 4.53. The molecule has 2 unspecified atom stereocenters. The van der Waals surface area contributed by atoms with Crippen LogP contribution in [0.4, 0.5) is 0 Å². The molecule has 1 aromatic carbocycles. The summed E-state index contributed by atoms with van der Waals surface area (Å²) in [6.45, 7) is 4.81. The number of aliphatic hydroxyl groups excluding tert-OH is 1. The molecule has 1 heterocycles. The zero-order valence-corrected chi connectivity index (χ0v) is 13.5. The average Bonchev–Trinajstić information content (AvgIpc) is 2.51. The van der Waals surface area contributed by atoms with Gasteiger partial charge in [0.1, 0.15) is 0 Å². The van der Waals surface area contributed by atoms with Crippen LogP contribution in [0.15, 0.2) is 24.3 Å². The Morgan fingerprint density at radius 1 is 1.33 bits per heavy atom. The van der Waals surface area contributed by atoms with Gasteiger partial charge in [-0.05, 0) is 57.3 Å². The van der Waals surface area contributed by atoms with Gasteiger partial charge in [0, 0.05) is 25.2 Å². The molecular formula is C18H30N2O. The van der Waals surface area contributed by atoms with E-state index in [9.17, 15) is 5.11 Å². The Morgan fingerprint density at radius 3 is 2.86 bits per heavy atom. The van der Waals surface area contributed by atoms with Gasteiger partial charge in [0.05, 0.1) is 0 Å². The number of benzene rings is 1. The number of hydrogen-bond acceptors (Lipinski definition) is 3. The fourth-order valence-electron chi connectivity index (χ4n) is 3.56. The first-order valence-corrected chi connectivity index (χ1v) is 8.34. The molecule has 3 heteroatoms. The van der Waals surface area contributed by atoms with Crippen LogP contribution in [-0.2, 0) is 0 Å². The van der Waals surface area contributed by atoms with Crippen molar-refractivity contribution in [1.82, 2.24) is 10.2 Å². The van der Waals surface area contributed by atoms with Crippen LogP contribution in [0.25, 0.3) is 0 Å². The molecule has 2 N–H and O–H groups in total. The summed E-state index contributed by atoms with van der Waals surface area (Å²) in [5.41, 5.74) is 2.78. The van der Waals surface area contributed by atoms with Crippen LogP contribution in [0.1, 0.15) is 49.3 Å². The van der Waals surface area contributed by atoms with Crippen LogP contribution in [0.3, 0.4) is 0 Å². The number of hydrogen-bond donors (Lipinski definition) is 2. The van der Waals surface area contributed by atoms with Gasteiger partial charge in [0.15, 0.2) is 0 Å². The van der Waals surface area contributed by atoms with E-state index in [-0.39, 0.29) is 0 Å². The smallest absolute Gasteiger partial charge is 0.0445 e. The van der Waals surface area contributed by atoms with Crippen LogP contribution in [-0.4, -0.2) is 42.8 Å². The van der Waals surface area contributed by atoms with Crippen molar-refractivity contribution in [3.63, 3.8) is 0 Å². The summed E-state index contributed by atoms with van der Waals surface area (Å²) in [5.74, 6) is 0. The van der Waals surface area contributed by atoms with E-state index in [1.165, 1.54) is 36.9 Å². The van der Waals surface area contributed by atoms with E-state index in [1.807, 2.05) is 0 Å². The lowest BCUT2D eigenvalue weighted by atomic mass is 9.96. The topological polar surface area (TPSA) is 35.5 Å². The van der Waals surface area contributed by atoms with E-state index < -0.39 is 0 Å². The average molecular weight is 290 g/mol. The quantitative estimate of drug-likeness (QED) is 0.810. The Balaban J connectivity index is 1.94. The largest absolute Gasteiger partial charge is 0.396 e. The molecule has 2 atom stereocenters. The molecule has 0 radical (unpaired) electrons. The third-order valence-electron chi connectivity index (χ3n) is 4.83. The summed E-state index contributed by atoms with van der Waals surface area (Å²) in [6, 6.07) is 9.66. The molecule has 1 saturated heterocycles. The molecule has 21 heavy (non-hydrogen) atoms. The van der Waals surface area contributed by atoms with Gasteiger partial charge >= 0.3 is 0 Å². The summed E-state index contributed by atoms with van der Waals surface area (Å²) in [6.07, 6.45) is 5.91. The maximum absolute atomic E-state index is 9.24. The molecule has 2 rings (SSSR count). The van der Waals surface area contributed by atoms with E-state index in [1.54, 1.807) is 0 Å². The highest BCUT2D eigenvalue weighted by molar-refractivity contribution is 5.28. The standard InChI is InChI=1S/C18H30N2O/c1-15-7-3-4-9-17(15)18(19-2)10-13-20-12-6-5-8-16(20)11-14-21/h3-4,7,9,16,18-19,21H,5-6,8,10-14H2,1-2H3. The fraction of sp³-hybridized carbons (Fsp3) is 0.667. The molecule has 3 nitrogen and oxygen atoms in total. The molecule has 0 aliphatic carbocycles. The molecule has 0 amide bonds. The zero-order valence-electron chi connectivity index (χ0n) is 13.5. The van der Waals surface area contributed by atoms with E-state index in [4.69, 9.17) is 0 Å². The monoisotopic (exact) mass is 290 g/mol. The lowest BCUT2D eigenvalue weighted by molar-refractivity contribution is 0.114. The minimum atomic E-state index is 0.314. The molecule has 118 valence electrons. The Morgan fingerprint density at radius 2 is 2.14 bits per heavy atom. The van der Waals surface area contributed by atoms with Crippen molar-refractivity contribution < 1.29 is 5.11 Å². The van der Waals surface area contributed by atoms with Crippen molar-refractivity contribution in [3.05, 3.63) is 35.4 Å². The first-order chi connectivity index (χ1) is 10.3. The summed E-state index contributed by atoms with van der Waals surface area (Å²) < 4.78 is 0. The highest BCUT2D eigenvalue weighted by Gasteiger charge is 2.22. The van der Waals surface area contributed by atoms with E-state index in [0.29, 0.717) is 18.7 Å². The molecule has 0 saturated carbocycles. The number of nitrogens with zero attached hydrogens (tertiary/aromatic N) is 1. The molecule has 1 fully saturated rings. The maximum Gasteiger partial charge on any atom is 0.0445 e. The summed E-state index contributed by atoms with van der Waals surface area (Å²) in [5, 5.41) is 12.7. The molecule has 1 aliphatic heterocycles. The van der Waals surface area contributed by atoms with Gasteiger partial charge in [-0.2, -0.15) is 0 Å². The molecule has 0 spiro atoms. The van der Waals surface area contributed by atoms with Crippen LogP contribution < -0.4 is 5.32 Å². The highest BCUT2D eigenvalue weighted by atomic mass is 16.3. The number of aryl methyl sites for hydroxylation is 1. The van der Waals surface area contributed by atoms with Crippen LogP contribution in [0.2, 0.25) is 0 Å². The Hall–Kier alpha value is -0.900. The summed E-state index contributed by atoms with van der Waals surface area (Å²) in [4.78, 5) is 2.59. The van der Waals surface area contributed by atoms with Crippen molar-refractivity contribution in [2.45, 2.75) is 51.1 Å². The van der Waals surface area contributed by atoms with Crippen LogP contribution in [0, 0.1) is 6.92 Å².